The summed E-state index contributed by atoms with van der Waals surface area (Å²) in [5, 5.41) is 5.02. The number of sulfonamides is 1. The van der Waals surface area contributed by atoms with E-state index >= 15 is 0 Å². The summed E-state index contributed by atoms with van der Waals surface area (Å²) in [7, 11) is -3.77. The van der Waals surface area contributed by atoms with Gasteiger partial charge in [-0.25, -0.2) is 18.4 Å². The van der Waals surface area contributed by atoms with Crippen LogP contribution in [0.1, 0.15) is 28.4 Å². The molecule has 0 radical (unpaired) electrons. The molecular weight excluding hydrogens is 262 g/mol. The number of thiophene rings is 1. The number of hydrogen-bond acceptors (Lipinski definition) is 5. The van der Waals surface area contributed by atoms with Crippen molar-refractivity contribution in [3.8, 4) is 0 Å². The first-order chi connectivity index (χ1) is 7.71. The molecule has 0 amide bonds. The molecule has 1 heterocycles. The predicted molar refractivity (Wildman–Crippen MR) is 65.5 cm³/mol. The van der Waals surface area contributed by atoms with E-state index in [4.69, 9.17) is 9.88 Å². The fraction of sp³-hybridized carbons (Fsp3) is 0.500. The van der Waals surface area contributed by atoms with Gasteiger partial charge in [-0.2, -0.15) is 0 Å². The van der Waals surface area contributed by atoms with Crippen LogP contribution in [0.2, 0.25) is 0 Å². The molecular formula is C10H15NO4S2. The predicted octanol–water partition coefficient (Wildman–Crippen LogP) is 1.52. The van der Waals surface area contributed by atoms with Gasteiger partial charge < -0.3 is 4.74 Å². The van der Waals surface area contributed by atoms with Gasteiger partial charge in [0.05, 0.1) is 11.5 Å². The van der Waals surface area contributed by atoms with Crippen molar-refractivity contribution < 1.29 is 17.9 Å². The first-order valence-corrected chi connectivity index (χ1v) is 7.38. The van der Waals surface area contributed by atoms with Gasteiger partial charge in [0.15, 0.2) is 0 Å². The lowest BCUT2D eigenvalue weighted by molar-refractivity contribution is 0.0464. The smallest absolute Gasteiger partial charge is 0.348 e. The molecule has 0 atom stereocenters. The standard InChI is InChI=1S/C10H15NO4S2/c1-6(2)5-15-10(12)8-4-9(7(3)16-8)17(11,13)14/h4,6H,5H2,1-3H3,(H2,11,13,14). The van der Waals surface area contributed by atoms with Gasteiger partial charge in [0.25, 0.3) is 0 Å². The molecule has 0 unspecified atom stereocenters. The molecule has 0 aromatic carbocycles. The maximum Gasteiger partial charge on any atom is 0.348 e. The number of esters is 1. The third kappa shape index (κ3) is 3.79. The Kier molecular flexibility index (Phi) is 4.29. The lowest BCUT2D eigenvalue weighted by Crippen LogP contribution is -2.12. The van der Waals surface area contributed by atoms with Crippen LogP contribution in [0.5, 0.6) is 0 Å². The zero-order chi connectivity index (χ0) is 13.2. The summed E-state index contributed by atoms with van der Waals surface area (Å²) in [5.41, 5.74) is 0. The Labute approximate surface area is 105 Å². The highest BCUT2D eigenvalue weighted by molar-refractivity contribution is 7.89. The van der Waals surface area contributed by atoms with Gasteiger partial charge in [-0.15, -0.1) is 11.3 Å². The van der Waals surface area contributed by atoms with Crippen LogP contribution in [0.4, 0.5) is 0 Å². The van der Waals surface area contributed by atoms with Gasteiger partial charge in [0.2, 0.25) is 10.0 Å². The first kappa shape index (κ1) is 14.1. The molecule has 5 nitrogen and oxygen atoms in total. The van der Waals surface area contributed by atoms with E-state index < -0.39 is 16.0 Å². The molecule has 17 heavy (non-hydrogen) atoms. The van der Waals surface area contributed by atoms with Crippen molar-refractivity contribution in [2.45, 2.75) is 25.7 Å². The van der Waals surface area contributed by atoms with Crippen molar-refractivity contribution in [3.05, 3.63) is 15.8 Å². The van der Waals surface area contributed by atoms with E-state index in [1.165, 1.54) is 6.07 Å². The minimum Gasteiger partial charge on any atom is -0.461 e. The second-order valence-corrected chi connectivity index (χ2v) is 6.85. The molecule has 0 fully saturated rings. The molecule has 0 saturated heterocycles. The largest absolute Gasteiger partial charge is 0.461 e. The fourth-order valence-electron chi connectivity index (χ4n) is 1.16. The van der Waals surface area contributed by atoms with Gasteiger partial charge in [-0.05, 0) is 18.9 Å². The number of primary sulfonamides is 1. The van der Waals surface area contributed by atoms with Crippen LogP contribution in [0.25, 0.3) is 0 Å². The highest BCUT2D eigenvalue weighted by Gasteiger charge is 2.20. The number of rotatable bonds is 4. The Morgan fingerprint density at radius 3 is 2.53 bits per heavy atom. The number of ether oxygens (including phenoxy) is 1. The quantitative estimate of drug-likeness (QED) is 0.845. The molecule has 0 spiro atoms. The van der Waals surface area contributed by atoms with Gasteiger partial charge in [0, 0.05) is 4.88 Å². The van der Waals surface area contributed by atoms with Gasteiger partial charge >= 0.3 is 5.97 Å². The highest BCUT2D eigenvalue weighted by atomic mass is 32.2. The summed E-state index contributed by atoms with van der Waals surface area (Å²) in [6, 6.07) is 1.26. The first-order valence-electron chi connectivity index (χ1n) is 5.02. The minimum absolute atomic E-state index is 0.0148. The molecule has 0 bridgehead atoms. The average molecular weight is 277 g/mol. The van der Waals surface area contributed by atoms with E-state index in [0.717, 1.165) is 11.3 Å². The van der Waals surface area contributed by atoms with Crippen LogP contribution in [0, 0.1) is 12.8 Å². The summed E-state index contributed by atoms with van der Waals surface area (Å²) in [6.07, 6.45) is 0. The second kappa shape index (κ2) is 5.16. The topological polar surface area (TPSA) is 86.5 Å². The zero-order valence-electron chi connectivity index (χ0n) is 9.89. The molecule has 1 rings (SSSR count). The Morgan fingerprint density at radius 2 is 2.12 bits per heavy atom. The van der Waals surface area contributed by atoms with Crippen molar-refractivity contribution in [1.29, 1.82) is 0 Å². The van der Waals surface area contributed by atoms with E-state index in [-0.39, 0.29) is 15.7 Å². The molecule has 0 aliphatic carbocycles. The van der Waals surface area contributed by atoms with Crippen molar-refractivity contribution in [1.82, 2.24) is 0 Å². The van der Waals surface area contributed by atoms with Crippen LogP contribution in [-0.4, -0.2) is 21.0 Å². The van der Waals surface area contributed by atoms with Crippen LogP contribution in [-0.2, 0) is 14.8 Å². The summed E-state index contributed by atoms with van der Waals surface area (Å²) in [6.45, 7) is 5.75. The average Bonchev–Trinajstić information content (AvgIpc) is 2.56. The number of carbonyl (C=O) groups excluding carboxylic acids is 1. The number of carbonyl (C=O) groups is 1. The number of aryl methyl sites for hydroxylation is 1. The molecule has 0 saturated carbocycles. The molecule has 1 aromatic rings. The number of hydrogen-bond donors (Lipinski definition) is 1. The van der Waals surface area contributed by atoms with E-state index in [2.05, 4.69) is 0 Å². The minimum atomic E-state index is -3.77. The summed E-state index contributed by atoms with van der Waals surface area (Å²) in [5.74, 6) is -0.278. The summed E-state index contributed by atoms with van der Waals surface area (Å²) < 4.78 is 27.4. The SMILES string of the molecule is Cc1sc(C(=O)OCC(C)C)cc1S(N)(=O)=O. The number of nitrogens with two attached hydrogens (primary N) is 1. The Balaban J connectivity index is 2.91. The van der Waals surface area contributed by atoms with Gasteiger partial charge in [0.1, 0.15) is 4.88 Å². The summed E-state index contributed by atoms with van der Waals surface area (Å²) in [4.78, 5) is 12.3. The van der Waals surface area contributed by atoms with Crippen LogP contribution in [0.3, 0.4) is 0 Å². The lowest BCUT2D eigenvalue weighted by Gasteiger charge is -2.04. The third-order valence-electron chi connectivity index (χ3n) is 1.93. The molecule has 0 aliphatic heterocycles. The van der Waals surface area contributed by atoms with E-state index in [1.54, 1.807) is 6.92 Å². The Hall–Kier alpha value is -0.920. The van der Waals surface area contributed by atoms with Crippen molar-refractivity contribution in [2.75, 3.05) is 6.61 Å². The third-order valence-corrected chi connectivity index (χ3v) is 4.12. The monoisotopic (exact) mass is 277 g/mol. The Bertz CT molecular complexity index is 516. The van der Waals surface area contributed by atoms with E-state index in [0.29, 0.717) is 11.5 Å². The van der Waals surface area contributed by atoms with Crippen molar-refractivity contribution in [2.24, 2.45) is 11.1 Å². The van der Waals surface area contributed by atoms with E-state index in [1.807, 2.05) is 13.8 Å². The highest BCUT2D eigenvalue weighted by Crippen LogP contribution is 2.25. The van der Waals surface area contributed by atoms with Gasteiger partial charge in [-0.1, -0.05) is 13.8 Å². The maximum atomic E-state index is 11.6. The normalized spacial score (nSPS) is 11.8. The fourth-order valence-corrected chi connectivity index (χ4v) is 3.20. The molecule has 96 valence electrons. The molecule has 0 aliphatic rings. The Morgan fingerprint density at radius 1 is 1.53 bits per heavy atom. The molecule has 1 aromatic heterocycles. The molecule has 2 N–H and O–H groups in total. The zero-order valence-corrected chi connectivity index (χ0v) is 11.5. The van der Waals surface area contributed by atoms with Crippen LogP contribution < -0.4 is 5.14 Å². The maximum absolute atomic E-state index is 11.6. The van der Waals surface area contributed by atoms with Crippen molar-refractivity contribution >= 4 is 27.3 Å². The summed E-state index contributed by atoms with van der Waals surface area (Å²) >= 11 is 1.07. The lowest BCUT2D eigenvalue weighted by atomic mass is 10.2. The van der Waals surface area contributed by atoms with Crippen LogP contribution >= 0.6 is 11.3 Å². The van der Waals surface area contributed by atoms with Crippen LogP contribution in [0.15, 0.2) is 11.0 Å². The van der Waals surface area contributed by atoms with Crippen molar-refractivity contribution in [3.63, 3.8) is 0 Å². The van der Waals surface area contributed by atoms with E-state index in [9.17, 15) is 13.2 Å². The molecule has 7 heteroatoms. The second-order valence-electron chi connectivity index (χ2n) is 4.07. The van der Waals surface area contributed by atoms with Gasteiger partial charge in [-0.3, -0.25) is 0 Å².